The summed E-state index contributed by atoms with van der Waals surface area (Å²) >= 11 is 1.46. The number of nitrogens with zero attached hydrogens (tertiary/aromatic N) is 5. The van der Waals surface area contributed by atoms with E-state index in [0.717, 1.165) is 14.0 Å². The number of carbonyl (C=O) groups is 2. The molecule has 0 unspecified atom stereocenters. The zero-order chi connectivity index (χ0) is 24.0. The maximum absolute atomic E-state index is 13.0. The summed E-state index contributed by atoms with van der Waals surface area (Å²) < 4.78 is 8.59. The number of anilines is 1. The lowest BCUT2D eigenvalue weighted by Gasteiger charge is -2.11. The van der Waals surface area contributed by atoms with Crippen LogP contribution in [0.3, 0.4) is 0 Å². The van der Waals surface area contributed by atoms with Crippen molar-refractivity contribution >= 4 is 39.9 Å². The van der Waals surface area contributed by atoms with Gasteiger partial charge in [-0.3, -0.25) is 23.4 Å². The number of hydrogen-bond donors (Lipinski definition) is 1. The van der Waals surface area contributed by atoms with Crippen LogP contribution >= 0.6 is 11.3 Å². The van der Waals surface area contributed by atoms with Gasteiger partial charge >= 0.3 is 11.7 Å². The number of hydrogen-bond acceptors (Lipinski definition) is 9. The van der Waals surface area contributed by atoms with Crippen LogP contribution < -0.4 is 17.0 Å². The Morgan fingerprint density at radius 1 is 1.18 bits per heavy atom. The summed E-state index contributed by atoms with van der Waals surface area (Å²) in [4.78, 5) is 55.6. The van der Waals surface area contributed by atoms with E-state index in [1.54, 1.807) is 24.7 Å². The first-order chi connectivity index (χ1) is 15.6. The Balaban J connectivity index is 1.70. The molecule has 4 heterocycles. The minimum atomic E-state index is -0.856. The summed E-state index contributed by atoms with van der Waals surface area (Å²) in [7, 11) is 4.29. The molecule has 0 atom stereocenters. The number of pyridine rings is 1. The molecule has 0 aliphatic carbocycles. The molecular weight excluding hydrogens is 448 g/mol. The molecule has 2 N–H and O–H groups in total. The smallest absolute Gasteiger partial charge is 0.339 e. The van der Waals surface area contributed by atoms with E-state index in [9.17, 15) is 19.2 Å². The average Bonchev–Trinajstić information content (AvgIpc) is 3.43. The van der Waals surface area contributed by atoms with Crippen molar-refractivity contribution in [3.63, 3.8) is 0 Å². The molecule has 11 nitrogen and oxygen atoms in total. The average molecular weight is 468 g/mol. The highest BCUT2D eigenvalue weighted by Gasteiger charge is 2.24. The number of nitrogens with two attached hydrogens (primary N) is 1. The van der Waals surface area contributed by atoms with Crippen LogP contribution in [0.2, 0.25) is 0 Å². The molecule has 0 aliphatic rings. The van der Waals surface area contributed by atoms with Gasteiger partial charge in [0, 0.05) is 21.1 Å². The first-order valence-corrected chi connectivity index (χ1v) is 10.6. The van der Waals surface area contributed by atoms with E-state index in [1.807, 2.05) is 17.5 Å². The van der Waals surface area contributed by atoms with E-state index in [4.69, 9.17) is 10.5 Å². The van der Waals surface area contributed by atoms with Crippen LogP contribution in [-0.2, 0) is 25.9 Å². The number of aryl methyl sites for hydroxylation is 2. The van der Waals surface area contributed by atoms with Gasteiger partial charge in [-0.25, -0.2) is 14.6 Å². The fourth-order valence-corrected chi connectivity index (χ4v) is 4.25. The first-order valence-electron chi connectivity index (χ1n) is 9.75. The van der Waals surface area contributed by atoms with E-state index in [2.05, 4.69) is 10.1 Å². The van der Waals surface area contributed by atoms with Gasteiger partial charge in [-0.1, -0.05) is 6.07 Å². The van der Waals surface area contributed by atoms with E-state index < -0.39 is 35.2 Å². The van der Waals surface area contributed by atoms with Crippen molar-refractivity contribution < 1.29 is 14.3 Å². The third kappa shape index (κ3) is 3.63. The minimum Gasteiger partial charge on any atom is -0.454 e. The van der Waals surface area contributed by atoms with E-state index in [-0.39, 0.29) is 11.4 Å². The van der Waals surface area contributed by atoms with Crippen molar-refractivity contribution in [2.75, 3.05) is 12.3 Å². The predicted molar refractivity (Wildman–Crippen MR) is 123 cm³/mol. The molecule has 0 saturated carbocycles. The van der Waals surface area contributed by atoms with Gasteiger partial charge in [0.05, 0.1) is 27.2 Å². The quantitative estimate of drug-likeness (QED) is 0.338. The minimum absolute atomic E-state index is 0.197. The predicted octanol–water partition coefficient (Wildman–Crippen LogP) is 1.02. The Morgan fingerprint density at radius 2 is 1.91 bits per heavy atom. The molecule has 0 fully saturated rings. The molecular formula is C21H20N6O5S. The molecule has 0 spiro atoms. The Bertz CT molecular complexity index is 1540. The monoisotopic (exact) mass is 468 g/mol. The van der Waals surface area contributed by atoms with Crippen molar-refractivity contribution in [2.45, 2.75) is 6.92 Å². The van der Waals surface area contributed by atoms with Crippen molar-refractivity contribution in [1.82, 2.24) is 23.9 Å². The number of Topliss-reactive ketones (excluding diaryl/α,β-unsaturated/α-hetero) is 1. The van der Waals surface area contributed by atoms with Gasteiger partial charge in [0.1, 0.15) is 11.4 Å². The highest BCUT2D eigenvalue weighted by atomic mass is 32.1. The van der Waals surface area contributed by atoms with Crippen LogP contribution in [0, 0.1) is 6.92 Å². The summed E-state index contributed by atoms with van der Waals surface area (Å²) in [6, 6.07) is 5.34. The Morgan fingerprint density at radius 3 is 2.58 bits per heavy atom. The van der Waals surface area contributed by atoms with Crippen molar-refractivity contribution in [3.8, 4) is 10.6 Å². The van der Waals surface area contributed by atoms with E-state index >= 15 is 0 Å². The van der Waals surface area contributed by atoms with Crippen LogP contribution in [0.15, 0.2) is 33.2 Å². The first kappa shape index (κ1) is 22.1. The van der Waals surface area contributed by atoms with Gasteiger partial charge in [-0.05, 0) is 24.4 Å². The maximum atomic E-state index is 13.0. The summed E-state index contributed by atoms with van der Waals surface area (Å²) in [5.74, 6) is -1.88. The number of aromatic nitrogens is 5. The van der Waals surface area contributed by atoms with Gasteiger partial charge in [0.15, 0.2) is 12.3 Å². The molecule has 0 saturated heterocycles. The Labute approximate surface area is 190 Å². The van der Waals surface area contributed by atoms with Gasteiger partial charge in [0.25, 0.3) is 5.56 Å². The number of ether oxygens (including phenoxy) is 1. The normalized spacial score (nSPS) is 11.2. The fourth-order valence-electron chi connectivity index (χ4n) is 3.56. The Kier molecular flexibility index (Phi) is 5.46. The highest BCUT2D eigenvalue weighted by molar-refractivity contribution is 7.13. The van der Waals surface area contributed by atoms with Crippen LogP contribution in [0.1, 0.15) is 26.4 Å². The van der Waals surface area contributed by atoms with Gasteiger partial charge in [0.2, 0.25) is 5.78 Å². The second kappa shape index (κ2) is 8.13. The molecule has 4 rings (SSSR count). The topological polar surface area (TPSA) is 144 Å². The lowest BCUT2D eigenvalue weighted by atomic mass is 10.1. The van der Waals surface area contributed by atoms with E-state index in [1.165, 1.54) is 25.4 Å². The standard InChI is InChI=1S/C21H20N6O5S/c1-10-15-11(8-12(14-6-5-7-33-14)23-18(15)27(4)24-10)20(30)32-9-13(28)16-17(22)25(2)21(31)26(3)19(16)29/h5-8H,9,22H2,1-4H3. The second-order valence-corrected chi connectivity index (χ2v) is 8.35. The van der Waals surface area contributed by atoms with Crippen LogP contribution in [0.25, 0.3) is 21.6 Å². The molecule has 170 valence electrons. The number of carbonyl (C=O) groups excluding carboxylic acids is 2. The largest absolute Gasteiger partial charge is 0.454 e. The number of thiophene rings is 1. The Hall–Kier alpha value is -4.06. The number of ketones is 1. The molecule has 0 aromatic carbocycles. The van der Waals surface area contributed by atoms with Gasteiger partial charge < -0.3 is 10.5 Å². The fraction of sp³-hybridized carbons (Fsp3) is 0.238. The summed E-state index contributed by atoms with van der Waals surface area (Å²) in [6.45, 7) is 1.01. The molecule has 4 aromatic heterocycles. The number of nitrogen functional groups attached to an aromatic ring is 1. The number of rotatable bonds is 5. The number of fused-ring (bicyclic) bond motifs is 1. The zero-order valence-corrected chi connectivity index (χ0v) is 19.1. The summed E-state index contributed by atoms with van der Waals surface area (Å²) in [5, 5.41) is 6.74. The molecule has 0 radical (unpaired) electrons. The lowest BCUT2D eigenvalue weighted by molar-refractivity contribution is 0.0476. The van der Waals surface area contributed by atoms with Gasteiger partial charge in [-0.2, -0.15) is 5.10 Å². The van der Waals surface area contributed by atoms with Crippen molar-refractivity contribution in [2.24, 2.45) is 21.1 Å². The maximum Gasteiger partial charge on any atom is 0.339 e. The molecule has 0 aliphatic heterocycles. The molecule has 12 heteroatoms. The van der Waals surface area contributed by atoms with Crippen LogP contribution in [0.5, 0.6) is 0 Å². The van der Waals surface area contributed by atoms with Crippen molar-refractivity contribution in [1.29, 1.82) is 0 Å². The van der Waals surface area contributed by atoms with Crippen LogP contribution in [0.4, 0.5) is 5.82 Å². The molecule has 0 amide bonds. The second-order valence-electron chi connectivity index (χ2n) is 7.41. The SMILES string of the molecule is Cc1nn(C)c2nc(-c3cccs3)cc(C(=O)OCC(=O)c3c(N)n(C)c(=O)n(C)c3=O)c12. The molecule has 4 aromatic rings. The third-order valence-electron chi connectivity index (χ3n) is 5.29. The van der Waals surface area contributed by atoms with Crippen LogP contribution in [-0.4, -0.2) is 42.3 Å². The highest BCUT2D eigenvalue weighted by Crippen LogP contribution is 2.29. The molecule has 33 heavy (non-hydrogen) atoms. The lowest BCUT2D eigenvalue weighted by Crippen LogP contribution is -2.42. The summed E-state index contributed by atoms with van der Waals surface area (Å²) in [5.41, 5.74) is 5.71. The van der Waals surface area contributed by atoms with Gasteiger partial charge in [-0.15, -0.1) is 11.3 Å². The van der Waals surface area contributed by atoms with Crippen molar-refractivity contribution in [3.05, 3.63) is 61.2 Å². The zero-order valence-electron chi connectivity index (χ0n) is 18.3. The summed E-state index contributed by atoms with van der Waals surface area (Å²) in [6.07, 6.45) is 0. The third-order valence-corrected chi connectivity index (χ3v) is 6.18. The molecule has 0 bridgehead atoms. The number of esters is 1. The van der Waals surface area contributed by atoms with E-state index in [0.29, 0.717) is 22.4 Å².